The maximum absolute atomic E-state index is 14.0. The molecule has 1 unspecified atom stereocenters. The molecule has 0 radical (unpaired) electrons. The molecule has 2 atom stereocenters. The third-order valence-corrected chi connectivity index (χ3v) is 3.26. The second kappa shape index (κ2) is 4.94. The van der Waals surface area contributed by atoms with E-state index in [1.54, 1.807) is 30.9 Å². The van der Waals surface area contributed by atoms with Gasteiger partial charge in [0.15, 0.2) is 0 Å². The molecule has 98 valence electrons. The van der Waals surface area contributed by atoms with Crippen molar-refractivity contribution >= 4 is 11.6 Å². The van der Waals surface area contributed by atoms with Crippen LogP contribution in [0.25, 0.3) is 0 Å². The van der Waals surface area contributed by atoms with Gasteiger partial charge in [0.05, 0.1) is 11.8 Å². The molecule has 1 saturated heterocycles. The highest BCUT2D eigenvalue weighted by Gasteiger charge is 2.27. The molecular weight excluding hydrogens is 235 g/mol. The van der Waals surface area contributed by atoms with Crippen molar-refractivity contribution in [3.63, 3.8) is 0 Å². The molecule has 0 saturated carbocycles. The van der Waals surface area contributed by atoms with Crippen molar-refractivity contribution in [1.29, 1.82) is 0 Å². The minimum absolute atomic E-state index is 0.0970. The fourth-order valence-electron chi connectivity index (χ4n) is 2.13. The van der Waals surface area contributed by atoms with Crippen molar-refractivity contribution in [3.05, 3.63) is 29.6 Å². The largest absolute Gasteiger partial charge is 0.389 e. The monoisotopic (exact) mass is 252 g/mol. The van der Waals surface area contributed by atoms with Crippen molar-refractivity contribution in [2.45, 2.75) is 26.0 Å². The van der Waals surface area contributed by atoms with Crippen molar-refractivity contribution in [2.75, 3.05) is 18.0 Å². The van der Waals surface area contributed by atoms with Crippen LogP contribution in [0.2, 0.25) is 0 Å². The summed E-state index contributed by atoms with van der Waals surface area (Å²) < 4.78 is 14.0. The first-order valence-electron chi connectivity index (χ1n) is 6.02. The number of hydrogen-bond donors (Lipinski definition) is 2. The second-order valence-electron chi connectivity index (χ2n) is 4.55. The maximum atomic E-state index is 14.0. The second-order valence-corrected chi connectivity index (χ2v) is 4.55. The Morgan fingerprint density at radius 2 is 2.28 bits per heavy atom. The molecule has 1 aliphatic heterocycles. The lowest BCUT2D eigenvalue weighted by Crippen LogP contribution is -2.54. The normalized spacial score (nSPS) is 21.7. The molecule has 5 heteroatoms. The van der Waals surface area contributed by atoms with Crippen molar-refractivity contribution in [1.82, 2.24) is 5.32 Å². The Hall–Kier alpha value is -1.62. The number of nitrogens with one attached hydrogen (secondary N) is 1. The van der Waals surface area contributed by atoms with Gasteiger partial charge in [0.2, 0.25) is 5.91 Å². The van der Waals surface area contributed by atoms with Crippen LogP contribution < -0.4 is 10.2 Å². The molecule has 0 bridgehead atoms. The summed E-state index contributed by atoms with van der Waals surface area (Å²) in [4.78, 5) is 13.3. The van der Waals surface area contributed by atoms with Crippen LogP contribution in [-0.4, -0.2) is 30.1 Å². The molecule has 18 heavy (non-hydrogen) atoms. The number of piperazine rings is 1. The summed E-state index contributed by atoms with van der Waals surface area (Å²) in [5, 5.41) is 12.1. The Balaban J connectivity index is 2.30. The fraction of sp³-hybridized carbons (Fsp3) is 0.462. The number of halogens is 1. The van der Waals surface area contributed by atoms with E-state index in [0.29, 0.717) is 24.3 Å². The van der Waals surface area contributed by atoms with Gasteiger partial charge < -0.3 is 15.3 Å². The predicted molar refractivity (Wildman–Crippen MR) is 66.9 cm³/mol. The number of nitrogens with zero attached hydrogens (tertiary/aromatic N) is 1. The average Bonchev–Trinajstić information content (AvgIpc) is 2.33. The maximum Gasteiger partial charge on any atom is 0.242 e. The molecule has 0 aromatic heterocycles. The Morgan fingerprint density at radius 3 is 2.89 bits per heavy atom. The number of hydrogen-bond acceptors (Lipinski definition) is 3. The number of carbonyl (C=O) groups is 1. The quantitative estimate of drug-likeness (QED) is 0.831. The number of aliphatic hydroxyl groups excluding tert-OH is 1. The number of carbonyl (C=O) groups excluding carboxylic acids is 1. The summed E-state index contributed by atoms with van der Waals surface area (Å²) in [5.41, 5.74) is 0.937. The van der Waals surface area contributed by atoms with Crippen LogP contribution in [0.5, 0.6) is 0 Å². The van der Waals surface area contributed by atoms with Gasteiger partial charge in [-0.1, -0.05) is 6.07 Å². The first-order chi connectivity index (χ1) is 8.50. The van der Waals surface area contributed by atoms with E-state index in [2.05, 4.69) is 5.32 Å². The smallest absolute Gasteiger partial charge is 0.242 e. The third-order valence-electron chi connectivity index (χ3n) is 3.26. The van der Waals surface area contributed by atoms with Gasteiger partial charge in [-0.3, -0.25) is 4.79 Å². The average molecular weight is 252 g/mol. The minimum Gasteiger partial charge on any atom is -0.389 e. The van der Waals surface area contributed by atoms with Crippen LogP contribution in [0.15, 0.2) is 18.2 Å². The Kier molecular flexibility index (Phi) is 3.52. The lowest BCUT2D eigenvalue weighted by Gasteiger charge is -2.35. The Labute approximate surface area is 105 Å². The number of amides is 1. The molecule has 1 aliphatic rings. The highest BCUT2D eigenvalue weighted by Crippen LogP contribution is 2.25. The molecule has 1 fully saturated rings. The minimum atomic E-state index is -0.698. The highest BCUT2D eigenvalue weighted by molar-refractivity contribution is 5.86. The topological polar surface area (TPSA) is 52.6 Å². The van der Waals surface area contributed by atoms with Crippen LogP contribution in [0.1, 0.15) is 25.5 Å². The van der Waals surface area contributed by atoms with Gasteiger partial charge in [-0.05, 0) is 31.5 Å². The van der Waals surface area contributed by atoms with Crippen LogP contribution in [0, 0.1) is 5.82 Å². The molecule has 1 amide bonds. The van der Waals surface area contributed by atoms with Gasteiger partial charge in [0.25, 0.3) is 0 Å². The SMILES string of the molecule is CC1C(=O)NCCN1c1ccc([C@H](C)O)cc1F. The van der Waals surface area contributed by atoms with Crippen LogP contribution in [-0.2, 0) is 4.79 Å². The first kappa shape index (κ1) is 12.8. The molecule has 0 spiro atoms. The van der Waals surface area contributed by atoms with E-state index in [4.69, 9.17) is 0 Å². The van der Waals surface area contributed by atoms with E-state index in [1.807, 2.05) is 0 Å². The molecule has 1 heterocycles. The molecular formula is C13H17FN2O2. The van der Waals surface area contributed by atoms with E-state index in [9.17, 15) is 14.3 Å². The van der Waals surface area contributed by atoms with Crippen LogP contribution in [0.4, 0.5) is 10.1 Å². The van der Waals surface area contributed by atoms with Crippen molar-refractivity contribution < 1.29 is 14.3 Å². The van der Waals surface area contributed by atoms with E-state index in [0.717, 1.165) is 0 Å². The number of benzene rings is 1. The predicted octanol–water partition coefficient (Wildman–Crippen LogP) is 1.20. The Bertz CT molecular complexity index is 462. The van der Waals surface area contributed by atoms with Crippen molar-refractivity contribution in [3.8, 4) is 0 Å². The summed E-state index contributed by atoms with van der Waals surface area (Å²) >= 11 is 0. The number of rotatable bonds is 2. The lowest BCUT2D eigenvalue weighted by molar-refractivity contribution is -0.122. The zero-order valence-corrected chi connectivity index (χ0v) is 10.5. The van der Waals surface area contributed by atoms with Crippen LogP contribution in [0.3, 0.4) is 0 Å². The standard InChI is InChI=1S/C13H17FN2O2/c1-8-13(18)15-5-6-16(8)12-4-3-10(9(2)17)7-11(12)14/h3-4,7-9,17H,5-6H2,1-2H3,(H,15,18)/t8?,9-/m0/s1. The zero-order chi connectivity index (χ0) is 13.3. The lowest BCUT2D eigenvalue weighted by atomic mass is 10.1. The van der Waals surface area contributed by atoms with Gasteiger partial charge in [-0.15, -0.1) is 0 Å². The molecule has 2 rings (SSSR count). The van der Waals surface area contributed by atoms with Gasteiger partial charge in [-0.25, -0.2) is 4.39 Å². The molecule has 2 N–H and O–H groups in total. The van der Waals surface area contributed by atoms with Gasteiger partial charge in [-0.2, -0.15) is 0 Å². The van der Waals surface area contributed by atoms with Crippen molar-refractivity contribution in [2.24, 2.45) is 0 Å². The summed E-state index contributed by atoms with van der Waals surface area (Å²) in [6.45, 7) is 4.43. The summed E-state index contributed by atoms with van der Waals surface area (Å²) in [6.07, 6.45) is -0.698. The molecule has 0 aliphatic carbocycles. The molecule has 1 aromatic carbocycles. The third kappa shape index (κ3) is 2.31. The van der Waals surface area contributed by atoms with E-state index in [-0.39, 0.29) is 11.9 Å². The zero-order valence-electron chi connectivity index (χ0n) is 10.5. The Morgan fingerprint density at radius 1 is 1.56 bits per heavy atom. The van der Waals surface area contributed by atoms with E-state index < -0.39 is 11.9 Å². The first-order valence-corrected chi connectivity index (χ1v) is 6.02. The van der Waals surface area contributed by atoms with E-state index >= 15 is 0 Å². The summed E-state index contributed by atoms with van der Waals surface area (Å²) in [7, 11) is 0. The number of anilines is 1. The van der Waals surface area contributed by atoms with E-state index in [1.165, 1.54) is 6.07 Å². The summed E-state index contributed by atoms with van der Waals surface area (Å²) in [6, 6.07) is 4.24. The van der Waals surface area contributed by atoms with Gasteiger partial charge in [0, 0.05) is 13.1 Å². The number of aliphatic hydroxyl groups is 1. The molecule has 4 nitrogen and oxygen atoms in total. The summed E-state index contributed by atoms with van der Waals surface area (Å²) in [5.74, 6) is -0.504. The highest BCUT2D eigenvalue weighted by atomic mass is 19.1. The van der Waals surface area contributed by atoms with Crippen LogP contribution >= 0.6 is 0 Å². The van der Waals surface area contributed by atoms with Gasteiger partial charge >= 0.3 is 0 Å². The van der Waals surface area contributed by atoms with Gasteiger partial charge in [0.1, 0.15) is 11.9 Å². The molecule has 1 aromatic rings. The fourth-order valence-corrected chi connectivity index (χ4v) is 2.13.